The van der Waals surface area contributed by atoms with Gasteiger partial charge in [0.15, 0.2) is 0 Å². The number of nitro groups is 1. The zero-order chi connectivity index (χ0) is 19.2. The van der Waals surface area contributed by atoms with Crippen molar-refractivity contribution in [1.29, 1.82) is 0 Å². The maximum Gasteiger partial charge on any atom is 0.293 e. The lowest BCUT2D eigenvalue weighted by Gasteiger charge is -2.26. The van der Waals surface area contributed by atoms with Crippen LogP contribution in [-0.4, -0.2) is 63.2 Å². The lowest BCUT2D eigenvalue weighted by molar-refractivity contribution is -0.384. The van der Waals surface area contributed by atoms with Crippen molar-refractivity contribution in [1.82, 2.24) is 4.31 Å². The van der Waals surface area contributed by atoms with Crippen LogP contribution in [0.15, 0.2) is 23.1 Å². The molecular formula is C16H25N3O6S. The summed E-state index contributed by atoms with van der Waals surface area (Å²) in [6, 6.07) is 3.94. The van der Waals surface area contributed by atoms with E-state index in [0.717, 1.165) is 6.07 Å². The highest BCUT2D eigenvalue weighted by Gasteiger charge is 2.28. The highest BCUT2D eigenvalue weighted by atomic mass is 32.2. The molecule has 0 radical (unpaired) electrons. The number of hydrogen-bond donors (Lipinski definition) is 1. The number of hydrogen-bond acceptors (Lipinski definition) is 7. The predicted octanol–water partition coefficient (Wildman–Crippen LogP) is 1.84. The number of sulfonamides is 1. The Hall–Kier alpha value is -1.75. The normalized spacial score (nSPS) is 16.0. The summed E-state index contributed by atoms with van der Waals surface area (Å²) in [5.41, 5.74) is 0.0320. The maximum absolute atomic E-state index is 12.6. The average molecular weight is 387 g/mol. The summed E-state index contributed by atoms with van der Waals surface area (Å²) in [4.78, 5) is 10.7. The topological polar surface area (TPSA) is 111 Å². The van der Waals surface area contributed by atoms with Crippen LogP contribution in [0.4, 0.5) is 11.4 Å². The first kappa shape index (κ1) is 20.6. The zero-order valence-corrected chi connectivity index (χ0v) is 15.8. The Morgan fingerprint density at radius 3 is 2.65 bits per heavy atom. The van der Waals surface area contributed by atoms with Gasteiger partial charge in [0.25, 0.3) is 5.69 Å². The van der Waals surface area contributed by atoms with Gasteiger partial charge in [-0.1, -0.05) is 0 Å². The molecule has 1 aliphatic heterocycles. The molecular weight excluding hydrogens is 362 g/mol. The minimum atomic E-state index is -3.77. The second-order valence-electron chi connectivity index (χ2n) is 6.15. The fraction of sp³-hybridized carbons (Fsp3) is 0.625. The fourth-order valence-corrected chi connectivity index (χ4v) is 3.95. The molecule has 2 rings (SSSR count). The molecule has 0 aromatic heterocycles. The monoisotopic (exact) mass is 387 g/mol. The lowest BCUT2D eigenvalue weighted by atomic mass is 10.2. The van der Waals surface area contributed by atoms with Gasteiger partial charge < -0.3 is 14.8 Å². The average Bonchev–Trinajstić information content (AvgIpc) is 2.61. The van der Waals surface area contributed by atoms with Gasteiger partial charge in [0.05, 0.1) is 29.1 Å². The van der Waals surface area contributed by atoms with E-state index < -0.39 is 14.9 Å². The molecule has 0 spiro atoms. The van der Waals surface area contributed by atoms with Gasteiger partial charge >= 0.3 is 0 Å². The van der Waals surface area contributed by atoms with Crippen molar-refractivity contribution in [3.63, 3.8) is 0 Å². The highest BCUT2D eigenvalue weighted by Crippen LogP contribution is 2.29. The van der Waals surface area contributed by atoms with E-state index in [1.165, 1.54) is 16.4 Å². The summed E-state index contributed by atoms with van der Waals surface area (Å²) < 4.78 is 37.2. The lowest BCUT2D eigenvalue weighted by Crippen LogP contribution is -2.40. The predicted molar refractivity (Wildman–Crippen MR) is 96.9 cm³/mol. The van der Waals surface area contributed by atoms with Gasteiger partial charge in [0.1, 0.15) is 5.69 Å². The van der Waals surface area contributed by atoms with Crippen LogP contribution in [0, 0.1) is 10.1 Å². The van der Waals surface area contributed by atoms with Crippen molar-refractivity contribution in [3.8, 4) is 0 Å². The van der Waals surface area contributed by atoms with Crippen LogP contribution >= 0.6 is 0 Å². The van der Waals surface area contributed by atoms with Crippen molar-refractivity contribution in [2.24, 2.45) is 0 Å². The largest absolute Gasteiger partial charge is 0.379 e. The summed E-state index contributed by atoms with van der Waals surface area (Å²) in [7, 11) is -3.77. The van der Waals surface area contributed by atoms with E-state index in [0.29, 0.717) is 38.5 Å². The Morgan fingerprint density at radius 1 is 1.35 bits per heavy atom. The Morgan fingerprint density at radius 2 is 2.04 bits per heavy atom. The van der Waals surface area contributed by atoms with Crippen LogP contribution in [0.1, 0.15) is 20.3 Å². The SMILES string of the molecule is CC(C)OCCCNc1ccc(S(=O)(=O)N2CCOCC2)cc1[N+](=O)[O-]. The van der Waals surface area contributed by atoms with Crippen LogP contribution < -0.4 is 5.32 Å². The van der Waals surface area contributed by atoms with E-state index in [2.05, 4.69) is 5.32 Å². The molecule has 1 N–H and O–H groups in total. The quantitative estimate of drug-likeness (QED) is 0.391. The molecule has 0 unspecified atom stereocenters. The molecule has 1 aliphatic rings. The summed E-state index contributed by atoms with van der Waals surface area (Å²) in [6.45, 7) is 6.03. The molecule has 1 saturated heterocycles. The van der Waals surface area contributed by atoms with Gasteiger partial charge in [0, 0.05) is 32.3 Å². The first-order chi connectivity index (χ1) is 12.3. The van der Waals surface area contributed by atoms with Gasteiger partial charge in [-0.15, -0.1) is 0 Å². The smallest absolute Gasteiger partial charge is 0.293 e. The molecule has 26 heavy (non-hydrogen) atoms. The molecule has 0 amide bonds. The Kier molecular flexibility index (Phi) is 7.33. The number of ether oxygens (including phenoxy) is 2. The fourth-order valence-electron chi connectivity index (χ4n) is 2.52. The molecule has 146 valence electrons. The van der Waals surface area contributed by atoms with Gasteiger partial charge in [-0.05, 0) is 32.4 Å². The van der Waals surface area contributed by atoms with E-state index in [1.54, 1.807) is 0 Å². The molecule has 0 aliphatic carbocycles. The Bertz CT molecular complexity index is 717. The van der Waals surface area contributed by atoms with Crippen molar-refractivity contribution >= 4 is 21.4 Å². The minimum Gasteiger partial charge on any atom is -0.379 e. The van der Waals surface area contributed by atoms with Gasteiger partial charge in [-0.2, -0.15) is 4.31 Å². The molecule has 9 nitrogen and oxygen atoms in total. The maximum atomic E-state index is 12.6. The molecule has 1 heterocycles. The standard InChI is InChI=1S/C16H25N3O6S/c1-13(2)25-9-3-6-17-15-5-4-14(12-16(15)19(20)21)26(22,23)18-7-10-24-11-8-18/h4-5,12-13,17H,3,6-11H2,1-2H3. The van der Waals surface area contributed by atoms with Crippen molar-refractivity contribution in [2.45, 2.75) is 31.3 Å². The third kappa shape index (κ3) is 5.37. The second-order valence-corrected chi connectivity index (χ2v) is 8.09. The molecule has 10 heteroatoms. The van der Waals surface area contributed by atoms with Crippen LogP contribution in [0.5, 0.6) is 0 Å². The van der Waals surface area contributed by atoms with Crippen molar-refractivity contribution < 1.29 is 22.8 Å². The highest BCUT2D eigenvalue weighted by molar-refractivity contribution is 7.89. The van der Waals surface area contributed by atoms with E-state index in [9.17, 15) is 18.5 Å². The molecule has 0 bridgehead atoms. The number of anilines is 1. The number of nitrogens with one attached hydrogen (secondary N) is 1. The van der Waals surface area contributed by atoms with Crippen LogP contribution in [0.2, 0.25) is 0 Å². The molecule has 1 aromatic rings. The molecule has 1 aromatic carbocycles. The van der Waals surface area contributed by atoms with Crippen LogP contribution in [0.25, 0.3) is 0 Å². The van der Waals surface area contributed by atoms with Gasteiger partial charge in [0.2, 0.25) is 10.0 Å². The van der Waals surface area contributed by atoms with E-state index in [-0.39, 0.29) is 29.8 Å². The summed E-state index contributed by atoms with van der Waals surface area (Å²) in [5, 5.41) is 14.3. The summed E-state index contributed by atoms with van der Waals surface area (Å²) in [5.74, 6) is 0. The summed E-state index contributed by atoms with van der Waals surface area (Å²) >= 11 is 0. The molecule has 1 fully saturated rings. The first-order valence-corrected chi connectivity index (χ1v) is 9.98. The van der Waals surface area contributed by atoms with Crippen LogP contribution in [-0.2, 0) is 19.5 Å². The minimum absolute atomic E-state index is 0.0835. The number of nitro benzene ring substituents is 1. The van der Waals surface area contributed by atoms with Crippen molar-refractivity contribution in [3.05, 3.63) is 28.3 Å². The van der Waals surface area contributed by atoms with Gasteiger partial charge in [-0.3, -0.25) is 10.1 Å². The van der Waals surface area contributed by atoms with E-state index in [1.807, 2.05) is 13.8 Å². The Labute approximate surface area is 153 Å². The van der Waals surface area contributed by atoms with E-state index >= 15 is 0 Å². The van der Waals surface area contributed by atoms with Crippen LogP contribution in [0.3, 0.4) is 0 Å². The third-order valence-corrected chi connectivity index (χ3v) is 5.76. The number of rotatable bonds is 9. The third-order valence-electron chi connectivity index (χ3n) is 3.86. The second kappa shape index (κ2) is 9.26. The Balaban J connectivity index is 2.11. The number of nitrogens with zero attached hydrogens (tertiary/aromatic N) is 2. The van der Waals surface area contributed by atoms with E-state index in [4.69, 9.17) is 9.47 Å². The molecule has 0 atom stereocenters. The van der Waals surface area contributed by atoms with Crippen molar-refractivity contribution in [2.75, 3.05) is 44.8 Å². The summed E-state index contributed by atoms with van der Waals surface area (Å²) in [6.07, 6.45) is 0.817. The number of morpholine rings is 1. The number of benzene rings is 1. The van der Waals surface area contributed by atoms with Gasteiger partial charge in [-0.25, -0.2) is 8.42 Å². The zero-order valence-electron chi connectivity index (χ0n) is 15.0. The molecule has 0 saturated carbocycles. The first-order valence-electron chi connectivity index (χ1n) is 8.54.